The van der Waals surface area contributed by atoms with Crippen molar-refractivity contribution in [2.75, 3.05) is 18.1 Å². The van der Waals surface area contributed by atoms with Crippen molar-refractivity contribution in [3.05, 3.63) is 32.7 Å². The highest BCUT2D eigenvalue weighted by atomic mass is 79.9. The minimum Gasteiger partial charge on any atom is -0.310 e. The van der Waals surface area contributed by atoms with E-state index in [0.29, 0.717) is 11.5 Å². The summed E-state index contributed by atoms with van der Waals surface area (Å²) in [5.74, 6) is 0.772. The molecule has 2 unspecified atom stereocenters. The van der Waals surface area contributed by atoms with Gasteiger partial charge in [-0.2, -0.15) is 0 Å². The molecular formula is C13H17Br2NO2S. The smallest absolute Gasteiger partial charge is 0.150 e. The van der Waals surface area contributed by atoms with Gasteiger partial charge in [0.1, 0.15) is 0 Å². The Morgan fingerprint density at radius 2 is 2.11 bits per heavy atom. The van der Waals surface area contributed by atoms with Crippen molar-refractivity contribution in [2.45, 2.75) is 19.4 Å². The number of rotatable bonds is 4. The van der Waals surface area contributed by atoms with Gasteiger partial charge in [0.05, 0.1) is 11.5 Å². The number of benzene rings is 1. The summed E-state index contributed by atoms with van der Waals surface area (Å²) in [4.78, 5) is 0. The fourth-order valence-electron chi connectivity index (χ4n) is 2.57. The third-order valence-electron chi connectivity index (χ3n) is 3.47. The number of halogens is 2. The summed E-state index contributed by atoms with van der Waals surface area (Å²) in [6.45, 7) is 2.87. The van der Waals surface area contributed by atoms with E-state index in [-0.39, 0.29) is 12.0 Å². The molecule has 0 saturated carbocycles. The lowest BCUT2D eigenvalue weighted by Crippen LogP contribution is -2.29. The van der Waals surface area contributed by atoms with Crippen molar-refractivity contribution in [1.82, 2.24) is 5.32 Å². The van der Waals surface area contributed by atoms with Crippen molar-refractivity contribution < 1.29 is 8.42 Å². The van der Waals surface area contributed by atoms with E-state index in [1.807, 2.05) is 19.1 Å². The second kappa shape index (κ2) is 6.24. The Kier molecular flexibility index (Phi) is 5.09. The van der Waals surface area contributed by atoms with Gasteiger partial charge in [-0.05, 0) is 68.4 Å². The molecule has 0 radical (unpaired) electrons. The van der Waals surface area contributed by atoms with E-state index in [9.17, 15) is 8.42 Å². The number of nitrogens with one attached hydrogen (secondary N) is 1. The predicted octanol–water partition coefficient (Wildman–Crippen LogP) is 3.30. The van der Waals surface area contributed by atoms with Crippen molar-refractivity contribution in [1.29, 1.82) is 0 Å². The highest BCUT2D eigenvalue weighted by molar-refractivity contribution is 9.13. The Labute approximate surface area is 131 Å². The van der Waals surface area contributed by atoms with Gasteiger partial charge in [0.25, 0.3) is 0 Å². The molecule has 1 fully saturated rings. The van der Waals surface area contributed by atoms with E-state index < -0.39 is 9.84 Å². The summed E-state index contributed by atoms with van der Waals surface area (Å²) < 4.78 is 25.3. The van der Waals surface area contributed by atoms with Gasteiger partial charge in [0.15, 0.2) is 9.84 Å². The van der Waals surface area contributed by atoms with Gasteiger partial charge >= 0.3 is 0 Å². The van der Waals surface area contributed by atoms with E-state index in [0.717, 1.165) is 27.5 Å². The summed E-state index contributed by atoms with van der Waals surface area (Å²) in [5, 5.41) is 3.42. The second-order valence-electron chi connectivity index (χ2n) is 4.87. The van der Waals surface area contributed by atoms with Crippen LogP contribution in [-0.4, -0.2) is 26.5 Å². The van der Waals surface area contributed by atoms with Crippen LogP contribution >= 0.6 is 31.9 Å². The third kappa shape index (κ3) is 3.80. The first-order valence-corrected chi connectivity index (χ1v) is 9.72. The van der Waals surface area contributed by atoms with E-state index in [2.05, 4.69) is 43.2 Å². The molecule has 1 saturated heterocycles. The molecule has 1 aromatic rings. The molecule has 19 heavy (non-hydrogen) atoms. The molecule has 0 aliphatic carbocycles. The average molecular weight is 411 g/mol. The van der Waals surface area contributed by atoms with Gasteiger partial charge in [-0.15, -0.1) is 0 Å². The molecule has 0 bridgehead atoms. The standard InChI is InChI=1S/C13H17Br2NO2S/c1-2-16-13(10-5-6-19(17,18)8-10)9-3-4-11(14)12(15)7-9/h3-4,7,10,13,16H,2,5-6,8H2,1H3. The molecule has 1 heterocycles. The first kappa shape index (κ1) is 15.5. The van der Waals surface area contributed by atoms with Crippen LogP contribution in [-0.2, 0) is 9.84 Å². The summed E-state index contributed by atoms with van der Waals surface area (Å²) in [6, 6.07) is 6.20. The van der Waals surface area contributed by atoms with Crippen LogP contribution in [0.4, 0.5) is 0 Å². The molecule has 2 rings (SSSR count). The van der Waals surface area contributed by atoms with Gasteiger partial charge in [-0.3, -0.25) is 0 Å². The molecule has 1 aliphatic heterocycles. The van der Waals surface area contributed by atoms with Gasteiger partial charge in [0.2, 0.25) is 0 Å². The zero-order valence-electron chi connectivity index (χ0n) is 10.7. The molecule has 0 amide bonds. The monoisotopic (exact) mass is 409 g/mol. The molecule has 1 aromatic carbocycles. The topological polar surface area (TPSA) is 46.2 Å². The Morgan fingerprint density at radius 1 is 1.37 bits per heavy atom. The van der Waals surface area contributed by atoms with Crippen LogP contribution in [0.2, 0.25) is 0 Å². The molecule has 6 heteroatoms. The van der Waals surface area contributed by atoms with Gasteiger partial charge in [0, 0.05) is 15.0 Å². The lowest BCUT2D eigenvalue weighted by molar-refractivity contribution is 0.400. The Balaban J connectivity index is 2.27. The van der Waals surface area contributed by atoms with Crippen LogP contribution in [0.25, 0.3) is 0 Å². The third-order valence-corrected chi connectivity index (χ3v) is 7.14. The largest absolute Gasteiger partial charge is 0.310 e. The van der Waals surface area contributed by atoms with E-state index in [1.165, 1.54) is 0 Å². The predicted molar refractivity (Wildman–Crippen MR) is 85.0 cm³/mol. The van der Waals surface area contributed by atoms with Crippen LogP contribution in [0.3, 0.4) is 0 Å². The minimum atomic E-state index is -2.85. The first-order valence-electron chi connectivity index (χ1n) is 6.31. The summed E-state index contributed by atoms with van der Waals surface area (Å²) in [7, 11) is -2.85. The quantitative estimate of drug-likeness (QED) is 0.828. The fraction of sp³-hybridized carbons (Fsp3) is 0.538. The Morgan fingerprint density at radius 3 is 2.63 bits per heavy atom. The SMILES string of the molecule is CCNC(c1ccc(Br)c(Br)c1)C1CCS(=O)(=O)C1. The molecule has 1 aliphatic rings. The van der Waals surface area contributed by atoms with Gasteiger partial charge < -0.3 is 5.32 Å². The number of hydrogen-bond donors (Lipinski definition) is 1. The first-order chi connectivity index (χ1) is 8.93. The fourth-order valence-corrected chi connectivity index (χ4v) is 5.05. The maximum absolute atomic E-state index is 11.7. The van der Waals surface area contributed by atoms with E-state index >= 15 is 0 Å². The lowest BCUT2D eigenvalue weighted by atomic mass is 9.92. The highest BCUT2D eigenvalue weighted by Crippen LogP contribution is 2.34. The molecule has 3 nitrogen and oxygen atoms in total. The van der Waals surface area contributed by atoms with Gasteiger partial charge in [-0.1, -0.05) is 13.0 Å². The van der Waals surface area contributed by atoms with Crippen LogP contribution in [0.5, 0.6) is 0 Å². The van der Waals surface area contributed by atoms with Crippen molar-refractivity contribution in [3.8, 4) is 0 Å². The molecule has 1 N–H and O–H groups in total. The lowest BCUT2D eigenvalue weighted by Gasteiger charge is -2.24. The zero-order valence-corrected chi connectivity index (χ0v) is 14.7. The van der Waals surface area contributed by atoms with Crippen molar-refractivity contribution in [3.63, 3.8) is 0 Å². The van der Waals surface area contributed by atoms with Crippen LogP contribution in [0.1, 0.15) is 24.9 Å². The Bertz CT molecular complexity index is 560. The zero-order chi connectivity index (χ0) is 14.0. The summed E-state index contributed by atoms with van der Waals surface area (Å²) in [5.41, 5.74) is 1.14. The molecular weight excluding hydrogens is 394 g/mol. The van der Waals surface area contributed by atoms with Crippen LogP contribution in [0.15, 0.2) is 27.1 Å². The second-order valence-corrected chi connectivity index (χ2v) is 8.81. The highest BCUT2D eigenvalue weighted by Gasteiger charge is 2.34. The number of sulfone groups is 1. The van der Waals surface area contributed by atoms with Gasteiger partial charge in [-0.25, -0.2) is 8.42 Å². The normalized spacial score (nSPS) is 23.4. The van der Waals surface area contributed by atoms with Crippen molar-refractivity contribution in [2.24, 2.45) is 5.92 Å². The summed E-state index contributed by atoms with van der Waals surface area (Å²) >= 11 is 6.96. The molecule has 106 valence electrons. The van der Waals surface area contributed by atoms with Crippen LogP contribution in [0, 0.1) is 5.92 Å². The minimum absolute atomic E-state index is 0.103. The maximum Gasteiger partial charge on any atom is 0.150 e. The molecule has 2 atom stereocenters. The van der Waals surface area contributed by atoms with Crippen LogP contribution < -0.4 is 5.32 Å². The molecule has 0 aromatic heterocycles. The Hall–Kier alpha value is 0.0900. The van der Waals surface area contributed by atoms with Crippen molar-refractivity contribution >= 4 is 41.7 Å². The average Bonchev–Trinajstić information content (AvgIpc) is 2.70. The van der Waals surface area contributed by atoms with E-state index in [4.69, 9.17) is 0 Å². The number of hydrogen-bond acceptors (Lipinski definition) is 3. The van der Waals surface area contributed by atoms with E-state index in [1.54, 1.807) is 0 Å². The molecule has 0 spiro atoms. The maximum atomic E-state index is 11.7. The summed E-state index contributed by atoms with van der Waals surface area (Å²) in [6.07, 6.45) is 0.744.